The Morgan fingerprint density at radius 3 is 2.88 bits per heavy atom. The first-order chi connectivity index (χ1) is 7.68. The molecule has 1 aliphatic rings. The van der Waals surface area contributed by atoms with Crippen LogP contribution in [-0.2, 0) is 0 Å². The minimum absolute atomic E-state index is 0.0518. The lowest BCUT2D eigenvalue weighted by molar-refractivity contribution is 0.0761. The molecule has 1 amide bonds. The highest BCUT2D eigenvalue weighted by atomic mass is 79.9. The Balaban J connectivity index is 2.07. The predicted octanol–water partition coefficient (Wildman–Crippen LogP) is 1.82. The van der Waals surface area contributed by atoms with Crippen molar-refractivity contribution < 1.29 is 9.21 Å². The van der Waals surface area contributed by atoms with E-state index in [-0.39, 0.29) is 5.91 Å². The van der Waals surface area contributed by atoms with E-state index in [1.807, 2.05) is 4.90 Å². The van der Waals surface area contributed by atoms with E-state index < -0.39 is 0 Å². The lowest BCUT2D eigenvalue weighted by Crippen LogP contribution is -2.34. The van der Waals surface area contributed by atoms with Crippen LogP contribution in [-0.4, -0.2) is 48.9 Å². The van der Waals surface area contributed by atoms with Crippen LogP contribution < -0.4 is 0 Å². The molecular weight excluding hydrogens is 272 g/mol. The number of amides is 1. The summed E-state index contributed by atoms with van der Waals surface area (Å²) in [4.78, 5) is 16.3. The van der Waals surface area contributed by atoms with Crippen molar-refractivity contribution in [2.45, 2.75) is 6.42 Å². The third kappa shape index (κ3) is 2.47. The van der Waals surface area contributed by atoms with Gasteiger partial charge in [-0.05, 0) is 42.0 Å². The average Bonchev–Trinajstić information content (AvgIpc) is 2.56. The summed E-state index contributed by atoms with van der Waals surface area (Å²) in [6, 6.07) is 1.71. The van der Waals surface area contributed by atoms with Crippen LogP contribution in [0.15, 0.2) is 21.4 Å². The number of rotatable bonds is 1. The van der Waals surface area contributed by atoms with Gasteiger partial charge < -0.3 is 14.2 Å². The predicted molar refractivity (Wildman–Crippen MR) is 64.4 cm³/mol. The number of halogens is 1. The molecule has 1 saturated heterocycles. The Labute approximate surface area is 103 Å². The molecule has 5 heteroatoms. The highest BCUT2D eigenvalue weighted by Gasteiger charge is 2.21. The van der Waals surface area contributed by atoms with Gasteiger partial charge in [-0.1, -0.05) is 0 Å². The second kappa shape index (κ2) is 5.01. The van der Waals surface area contributed by atoms with Crippen molar-refractivity contribution in [3.8, 4) is 0 Å². The second-order valence-electron chi connectivity index (χ2n) is 4.06. The Bertz CT molecular complexity index is 378. The zero-order chi connectivity index (χ0) is 11.5. The van der Waals surface area contributed by atoms with E-state index in [2.05, 4.69) is 27.9 Å². The fraction of sp³-hybridized carbons (Fsp3) is 0.545. The molecule has 1 aromatic rings. The van der Waals surface area contributed by atoms with Gasteiger partial charge in [-0.2, -0.15) is 0 Å². The third-order valence-corrected chi connectivity index (χ3v) is 3.47. The maximum absolute atomic E-state index is 12.2. The van der Waals surface area contributed by atoms with E-state index in [4.69, 9.17) is 4.42 Å². The van der Waals surface area contributed by atoms with Gasteiger partial charge in [0.15, 0.2) is 4.67 Å². The summed E-state index contributed by atoms with van der Waals surface area (Å²) in [6.07, 6.45) is 2.55. The van der Waals surface area contributed by atoms with Gasteiger partial charge >= 0.3 is 0 Å². The van der Waals surface area contributed by atoms with Crippen LogP contribution in [0.3, 0.4) is 0 Å². The topological polar surface area (TPSA) is 36.7 Å². The van der Waals surface area contributed by atoms with Crippen molar-refractivity contribution in [3.63, 3.8) is 0 Å². The van der Waals surface area contributed by atoms with Crippen molar-refractivity contribution in [3.05, 3.63) is 22.6 Å². The normalized spacial score (nSPS) is 18.5. The van der Waals surface area contributed by atoms with E-state index >= 15 is 0 Å². The molecule has 1 aliphatic heterocycles. The maximum Gasteiger partial charge on any atom is 0.258 e. The number of likely N-dealkylation sites (N-methyl/N-ethyl adjacent to an activating group) is 1. The van der Waals surface area contributed by atoms with Crippen molar-refractivity contribution in [1.82, 2.24) is 9.80 Å². The van der Waals surface area contributed by atoms with E-state index in [1.54, 1.807) is 6.07 Å². The average molecular weight is 287 g/mol. The minimum atomic E-state index is 0.0518. The molecule has 0 N–H and O–H groups in total. The number of carbonyl (C=O) groups is 1. The molecule has 16 heavy (non-hydrogen) atoms. The molecular formula is C11H15BrN2O2. The lowest BCUT2D eigenvalue weighted by atomic mass is 10.3. The van der Waals surface area contributed by atoms with E-state index in [1.165, 1.54) is 6.26 Å². The lowest BCUT2D eigenvalue weighted by Gasteiger charge is -2.19. The monoisotopic (exact) mass is 286 g/mol. The van der Waals surface area contributed by atoms with Crippen LogP contribution in [0.25, 0.3) is 0 Å². The first-order valence-corrected chi connectivity index (χ1v) is 6.18. The molecule has 1 fully saturated rings. The largest absolute Gasteiger partial charge is 0.457 e. The van der Waals surface area contributed by atoms with Gasteiger partial charge in [0.25, 0.3) is 5.91 Å². The maximum atomic E-state index is 12.2. The number of furan rings is 1. The van der Waals surface area contributed by atoms with Crippen molar-refractivity contribution in [1.29, 1.82) is 0 Å². The van der Waals surface area contributed by atoms with Gasteiger partial charge in [0.1, 0.15) is 0 Å². The van der Waals surface area contributed by atoms with E-state index in [0.29, 0.717) is 10.2 Å². The fourth-order valence-electron chi connectivity index (χ4n) is 1.87. The van der Waals surface area contributed by atoms with Crippen molar-refractivity contribution in [2.75, 3.05) is 33.2 Å². The molecule has 2 rings (SSSR count). The van der Waals surface area contributed by atoms with Crippen LogP contribution in [0.5, 0.6) is 0 Å². The quantitative estimate of drug-likeness (QED) is 0.790. The zero-order valence-electron chi connectivity index (χ0n) is 9.28. The highest BCUT2D eigenvalue weighted by Crippen LogP contribution is 2.20. The summed E-state index contributed by atoms with van der Waals surface area (Å²) < 4.78 is 5.61. The van der Waals surface area contributed by atoms with Crippen molar-refractivity contribution >= 4 is 21.8 Å². The molecule has 0 atom stereocenters. The molecule has 1 aromatic heterocycles. The smallest absolute Gasteiger partial charge is 0.258 e. The van der Waals surface area contributed by atoms with Crippen LogP contribution in [0, 0.1) is 0 Å². The van der Waals surface area contributed by atoms with Gasteiger partial charge in [0, 0.05) is 19.6 Å². The van der Waals surface area contributed by atoms with Crippen LogP contribution in [0.2, 0.25) is 0 Å². The molecule has 4 nitrogen and oxygen atoms in total. The summed E-state index contributed by atoms with van der Waals surface area (Å²) >= 11 is 3.24. The van der Waals surface area contributed by atoms with E-state index in [0.717, 1.165) is 32.6 Å². The van der Waals surface area contributed by atoms with Crippen LogP contribution in [0.4, 0.5) is 0 Å². The van der Waals surface area contributed by atoms with E-state index in [9.17, 15) is 4.79 Å². The number of carbonyl (C=O) groups excluding carboxylic acids is 1. The molecule has 0 aliphatic carbocycles. The van der Waals surface area contributed by atoms with Gasteiger partial charge in [0.2, 0.25) is 0 Å². The second-order valence-corrected chi connectivity index (χ2v) is 4.78. The Morgan fingerprint density at radius 2 is 2.19 bits per heavy atom. The minimum Gasteiger partial charge on any atom is -0.457 e. The number of hydrogen-bond acceptors (Lipinski definition) is 3. The van der Waals surface area contributed by atoms with Crippen molar-refractivity contribution in [2.24, 2.45) is 0 Å². The van der Waals surface area contributed by atoms with Gasteiger partial charge in [-0.3, -0.25) is 4.79 Å². The molecule has 0 bridgehead atoms. The summed E-state index contributed by atoms with van der Waals surface area (Å²) in [5.74, 6) is 0.0518. The number of hydrogen-bond donors (Lipinski definition) is 0. The van der Waals surface area contributed by atoms with Crippen LogP contribution >= 0.6 is 15.9 Å². The van der Waals surface area contributed by atoms with Gasteiger partial charge in [0.05, 0.1) is 11.8 Å². The van der Waals surface area contributed by atoms with Gasteiger partial charge in [-0.25, -0.2) is 0 Å². The highest BCUT2D eigenvalue weighted by molar-refractivity contribution is 9.10. The van der Waals surface area contributed by atoms with Gasteiger partial charge in [-0.15, -0.1) is 0 Å². The Hall–Kier alpha value is -0.810. The summed E-state index contributed by atoms with van der Waals surface area (Å²) in [7, 11) is 2.09. The molecule has 2 heterocycles. The SMILES string of the molecule is CN1CCCN(C(=O)c2ccoc2Br)CC1. The van der Waals surface area contributed by atoms with Crippen LogP contribution in [0.1, 0.15) is 16.8 Å². The Kier molecular flexibility index (Phi) is 3.66. The first kappa shape index (κ1) is 11.7. The number of nitrogens with zero attached hydrogens (tertiary/aromatic N) is 2. The summed E-state index contributed by atoms with van der Waals surface area (Å²) in [5.41, 5.74) is 0.615. The zero-order valence-corrected chi connectivity index (χ0v) is 10.9. The third-order valence-electron chi connectivity index (χ3n) is 2.86. The molecule has 0 aromatic carbocycles. The first-order valence-electron chi connectivity index (χ1n) is 5.39. The molecule has 88 valence electrons. The summed E-state index contributed by atoms with van der Waals surface area (Å²) in [6.45, 7) is 3.59. The molecule has 0 unspecified atom stereocenters. The molecule has 0 radical (unpaired) electrons. The standard InChI is InChI=1S/C11H15BrN2O2/c1-13-4-2-5-14(7-6-13)11(15)9-3-8-16-10(9)12/h3,8H,2,4-7H2,1H3. The molecule has 0 saturated carbocycles. The fourth-order valence-corrected chi connectivity index (χ4v) is 2.28. The summed E-state index contributed by atoms with van der Waals surface area (Å²) in [5, 5.41) is 0. The molecule has 0 spiro atoms. The Morgan fingerprint density at radius 1 is 1.38 bits per heavy atom.